The maximum absolute atomic E-state index is 11.0. The van der Waals surface area contributed by atoms with Crippen molar-refractivity contribution in [3.8, 4) is 0 Å². The third kappa shape index (κ3) is 9.38. The van der Waals surface area contributed by atoms with E-state index >= 15 is 0 Å². The third-order valence-corrected chi connectivity index (χ3v) is 1.90. The molecule has 0 fully saturated rings. The second kappa shape index (κ2) is 9.08. The first-order chi connectivity index (χ1) is 7.56. The predicted molar refractivity (Wildman–Crippen MR) is 60.0 cm³/mol. The van der Waals surface area contributed by atoms with Crippen LogP contribution >= 0.6 is 0 Å². The second-order valence-electron chi connectivity index (χ2n) is 3.39. The van der Waals surface area contributed by atoms with Crippen LogP contribution in [0.2, 0.25) is 0 Å². The van der Waals surface area contributed by atoms with E-state index in [2.05, 4.69) is 10.2 Å². The van der Waals surface area contributed by atoms with Crippen LogP contribution in [0.1, 0.15) is 0 Å². The molecule has 7 heteroatoms. The summed E-state index contributed by atoms with van der Waals surface area (Å²) in [7, 11) is 3.62. The van der Waals surface area contributed by atoms with Crippen molar-refractivity contribution in [2.45, 2.75) is 0 Å². The number of carbonyl (C=O) groups excluding carboxylic acids is 2. The Morgan fingerprint density at radius 2 is 2.06 bits per heavy atom. The van der Waals surface area contributed by atoms with Gasteiger partial charge in [0.15, 0.2) is 0 Å². The van der Waals surface area contributed by atoms with Gasteiger partial charge in [0.25, 0.3) is 0 Å². The molecule has 0 spiro atoms. The molecule has 4 N–H and O–H groups in total. The fourth-order valence-electron chi connectivity index (χ4n) is 1.01. The summed E-state index contributed by atoms with van der Waals surface area (Å²) in [6, 6.07) is -0.830. The zero-order chi connectivity index (χ0) is 12.4. The summed E-state index contributed by atoms with van der Waals surface area (Å²) < 4.78 is 4.92. The van der Waals surface area contributed by atoms with Crippen LogP contribution in [0, 0.1) is 0 Å². The van der Waals surface area contributed by atoms with Crippen LogP contribution in [-0.4, -0.2) is 63.8 Å². The van der Waals surface area contributed by atoms with Crippen LogP contribution in [-0.2, 0) is 9.53 Å². The summed E-state index contributed by atoms with van der Waals surface area (Å²) in [5.74, 6) is -0.424. The first-order valence-corrected chi connectivity index (χ1v) is 5.03. The third-order valence-electron chi connectivity index (χ3n) is 1.90. The van der Waals surface area contributed by atoms with Crippen molar-refractivity contribution in [3.63, 3.8) is 0 Å². The molecule has 0 heterocycles. The number of urea groups is 1. The Bertz CT molecular complexity index is 223. The van der Waals surface area contributed by atoms with Crippen molar-refractivity contribution < 1.29 is 14.3 Å². The van der Waals surface area contributed by atoms with Gasteiger partial charge in [-0.1, -0.05) is 0 Å². The van der Waals surface area contributed by atoms with Crippen LogP contribution in [0.25, 0.3) is 0 Å². The largest absolute Gasteiger partial charge is 0.383 e. The van der Waals surface area contributed by atoms with E-state index in [0.717, 1.165) is 13.1 Å². The number of methoxy groups -OCH3 is 1. The van der Waals surface area contributed by atoms with Crippen LogP contribution in [0.3, 0.4) is 0 Å². The molecule has 0 aromatic rings. The summed E-state index contributed by atoms with van der Waals surface area (Å²) in [6.07, 6.45) is 0. The zero-order valence-corrected chi connectivity index (χ0v) is 9.78. The molecular weight excluding hydrogens is 212 g/mol. The number of imide groups is 1. The summed E-state index contributed by atoms with van der Waals surface area (Å²) in [5.41, 5.74) is 4.78. The number of hydrogen-bond acceptors (Lipinski definition) is 5. The summed E-state index contributed by atoms with van der Waals surface area (Å²) in [4.78, 5) is 23.3. The van der Waals surface area contributed by atoms with Crippen LogP contribution in [0.5, 0.6) is 0 Å². The number of hydrogen-bond donors (Lipinski definition) is 3. The van der Waals surface area contributed by atoms with Gasteiger partial charge < -0.3 is 20.7 Å². The molecule has 94 valence electrons. The molecule has 0 saturated carbocycles. The van der Waals surface area contributed by atoms with E-state index in [1.807, 2.05) is 12.4 Å². The monoisotopic (exact) mass is 232 g/mol. The SMILES string of the molecule is COCCN(C)CCNCC(=O)NC(N)=O. The Labute approximate surface area is 95.3 Å². The minimum absolute atomic E-state index is 0.0844. The van der Waals surface area contributed by atoms with E-state index in [4.69, 9.17) is 10.5 Å². The van der Waals surface area contributed by atoms with E-state index in [9.17, 15) is 9.59 Å². The molecule has 0 aliphatic carbocycles. The Morgan fingerprint density at radius 3 is 2.62 bits per heavy atom. The number of nitrogens with two attached hydrogens (primary N) is 1. The number of amides is 3. The van der Waals surface area contributed by atoms with Crippen molar-refractivity contribution >= 4 is 11.9 Å². The Balaban J connectivity index is 3.38. The van der Waals surface area contributed by atoms with Crippen LogP contribution in [0.4, 0.5) is 4.79 Å². The number of carbonyl (C=O) groups is 2. The lowest BCUT2D eigenvalue weighted by atomic mass is 10.5. The highest BCUT2D eigenvalue weighted by Crippen LogP contribution is 1.80. The minimum Gasteiger partial charge on any atom is -0.383 e. The second-order valence-corrected chi connectivity index (χ2v) is 3.39. The van der Waals surface area contributed by atoms with Crippen molar-refractivity contribution in [1.82, 2.24) is 15.5 Å². The maximum Gasteiger partial charge on any atom is 0.318 e. The molecule has 3 amide bonds. The highest BCUT2D eigenvalue weighted by atomic mass is 16.5. The van der Waals surface area contributed by atoms with Crippen LogP contribution < -0.4 is 16.4 Å². The van der Waals surface area contributed by atoms with E-state index in [-0.39, 0.29) is 6.54 Å². The first kappa shape index (κ1) is 14.8. The molecule has 0 atom stereocenters. The number of nitrogens with zero attached hydrogens (tertiary/aromatic N) is 1. The minimum atomic E-state index is -0.830. The lowest BCUT2D eigenvalue weighted by Gasteiger charge is -2.15. The van der Waals surface area contributed by atoms with E-state index in [1.165, 1.54) is 0 Å². The van der Waals surface area contributed by atoms with Gasteiger partial charge in [0.05, 0.1) is 13.2 Å². The average Bonchev–Trinajstić information content (AvgIpc) is 2.20. The van der Waals surface area contributed by atoms with Gasteiger partial charge in [-0.15, -0.1) is 0 Å². The standard InChI is InChI=1S/C9H20N4O3/c1-13(5-6-16-2)4-3-11-7-8(14)12-9(10)15/h11H,3-7H2,1-2H3,(H3,10,12,14,15). The molecule has 0 radical (unpaired) electrons. The molecule has 0 aliphatic heterocycles. The van der Waals surface area contributed by atoms with Gasteiger partial charge >= 0.3 is 6.03 Å². The molecule has 0 aromatic carbocycles. The normalized spacial score (nSPS) is 10.4. The predicted octanol–water partition coefficient (Wildman–Crippen LogP) is -1.65. The topological polar surface area (TPSA) is 96.7 Å². The van der Waals surface area contributed by atoms with E-state index in [1.54, 1.807) is 7.11 Å². The summed E-state index contributed by atoms with van der Waals surface area (Å²) >= 11 is 0. The number of rotatable bonds is 8. The van der Waals surface area contributed by atoms with Crippen molar-refractivity contribution in [2.75, 3.05) is 46.9 Å². The van der Waals surface area contributed by atoms with Crippen molar-refractivity contribution in [1.29, 1.82) is 0 Å². The summed E-state index contributed by atoms with van der Waals surface area (Å²) in [5, 5.41) is 4.86. The first-order valence-electron chi connectivity index (χ1n) is 5.03. The molecule has 0 aromatic heterocycles. The van der Waals surface area contributed by atoms with Gasteiger partial charge in [-0.05, 0) is 7.05 Å². The number of primary amides is 1. The molecule has 0 bridgehead atoms. The molecule has 7 nitrogen and oxygen atoms in total. The van der Waals surface area contributed by atoms with Crippen molar-refractivity contribution in [3.05, 3.63) is 0 Å². The molecule has 16 heavy (non-hydrogen) atoms. The lowest BCUT2D eigenvalue weighted by molar-refractivity contribution is -0.119. The van der Waals surface area contributed by atoms with E-state index < -0.39 is 11.9 Å². The Hall–Kier alpha value is -1.18. The van der Waals surface area contributed by atoms with Gasteiger partial charge in [0.2, 0.25) is 5.91 Å². The van der Waals surface area contributed by atoms with E-state index in [0.29, 0.717) is 13.2 Å². The highest BCUT2D eigenvalue weighted by molar-refractivity contribution is 5.94. The van der Waals surface area contributed by atoms with Gasteiger partial charge in [-0.2, -0.15) is 0 Å². The number of likely N-dealkylation sites (N-methyl/N-ethyl adjacent to an activating group) is 1. The number of ether oxygens (including phenoxy) is 1. The summed E-state index contributed by atoms with van der Waals surface area (Å²) in [6.45, 7) is 3.06. The maximum atomic E-state index is 11.0. The lowest BCUT2D eigenvalue weighted by Crippen LogP contribution is -2.42. The van der Waals surface area contributed by atoms with Crippen molar-refractivity contribution in [2.24, 2.45) is 5.73 Å². The average molecular weight is 232 g/mol. The zero-order valence-electron chi connectivity index (χ0n) is 9.78. The van der Waals surface area contributed by atoms with Gasteiger partial charge in [-0.25, -0.2) is 4.79 Å². The smallest absolute Gasteiger partial charge is 0.318 e. The fourth-order valence-corrected chi connectivity index (χ4v) is 1.01. The molecule has 0 saturated heterocycles. The van der Waals surface area contributed by atoms with Crippen LogP contribution in [0.15, 0.2) is 0 Å². The Kier molecular flexibility index (Phi) is 8.41. The Morgan fingerprint density at radius 1 is 1.38 bits per heavy atom. The van der Waals surface area contributed by atoms with Gasteiger partial charge in [-0.3, -0.25) is 10.1 Å². The molecular formula is C9H20N4O3. The quantitative estimate of drug-likeness (QED) is 0.436. The molecule has 0 unspecified atom stereocenters. The van der Waals surface area contributed by atoms with Gasteiger partial charge in [0, 0.05) is 26.7 Å². The number of nitrogens with one attached hydrogen (secondary N) is 2. The highest BCUT2D eigenvalue weighted by Gasteiger charge is 2.03. The van der Waals surface area contributed by atoms with Gasteiger partial charge in [0.1, 0.15) is 0 Å². The molecule has 0 aliphatic rings. The molecule has 0 rings (SSSR count). The fraction of sp³-hybridized carbons (Fsp3) is 0.778.